The maximum absolute atomic E-state index is 12.1. The standard InChI is InChI=1S/C14H21BrN2O3S/c1-11-9-17(10-13(8-15)20-11)12-4-6-14(7-5-12)21(18,19)16(2)3/h4-7,11,13H,8-10H2,1-3H3. The van der Waals surface area contributed by atoms with E-state index in [1.807, 2.05) is 19.1 Å². The Kier molecular flexibility index (Phi) is 5.29. The van der Waals surface area contributed by atoms with Crippen LogP contribution in [0.2, 0.25) is 0 Å². The average molecular weight is 377 g/mol. The lowest BCUT2D eigenvalue weighted by Gasteiger charge is -2.37. The molecule has 21 heavy (non-hydrogen) atoms. The minimum absolute atomic E-state index is 0.152. The summed E-state index contributed by atoms with van der Waals surface area (Å²) in [5.74, 6) is 0. The molecule has 0 aliphatic carbocycles. The van der Waals surface area contributed by atoms with Gasteiger partial charge >= 0.3 is 0 Å². The number of benzene rings is 1. The zero-order valence-electron chi connectivity index (χ0n) is 12.5. The highest BCUT2D eigenvalue weighted by molar-refractivity contribution is 9.09. The first-order chi connectivity index (χ1) is 9.84. The Morgan fingerprint density at radius 1 is 1.29 bits per heavy atom. The van der Waals surface area contributed by atoms with Gasteiger partial charge in [0.1, 0.15) is 0 Å². The minimum atomic E-state index is -3.37. The highest BCUT2D eigenvalue weighted by atomic mass is 79.9. The number of alkyl halides is 1. The Labute approximate surface area is 135 Å². The summed E-state index contributed by atoms with van der Waals surface area (Å²) in [6, 6.07) is 7.04. The molecular weight excluding hydrogens is 356 g/mol. The van der Waals surface area contributed by atoms with E-state index in [1.165, 1.54) is 18.4 Å². The molecule has 0 aromatic heterocycles. The normalized spacial score (nSPS) is 23.6. The Morgan fingerprint density at radius 3 is 2.43 bits per heavy atom. The van der Waals surface area contributed by atoms with Crippen molar-refractivity contribution >= 4 is 31.6 Å². The number of halogens is 1. The van der Waals surface area contributed by atoms with E-state index < -0.39 is 10.0 Å². The van der Waals surface area contributed by atoms with Crippen LogP contribution < -0.4 is 4.90 Å². The van der Waals surface area contributed by atoms with Crippen molar-refractivity contribution in [3.05, 3.63) is 24.3 Å². The van der Waals surface area contributed by atoms with Crippen LogP contribution >= 0.6 is 15.9 Å². The molecule has 7 heteroatoms. The van der Waals surface area contributed by atoms with Crippen LogP contribution in [0.4, 0.5) is 5.69 Å². The van der Waals surface area contributed by atoms with Crippen LogP contribution in [-0.4, -0.2) is 57.4 Å². The zero-order valence-corrected chi connectivity index (χ0v) is 14.9. The summed E-state index contributed by atoms with van der Waals surface area (Å²) in [5.41, 5.74) is 1.02. The zero-order chi connectivity index (χ0) is 15.6. The highest BCUT2D eigenvalue weighted by Crippen LogP contribution is 2.23. The summed E-state index contributed by atoms with van der Waals surface area (Å²) in [6.45, 7) is 3.66. The molecule has 1 aliphatic heterocycles. The second-order valence-corrected chi connectivity index (χ2v) is 8.21. The molecule has 1 aromatic rings. The molecule has 2 atom stereocenters. The smallest absolute Gasteiger partial charge is 0.242 e. The fourth-order valence-electron chi connectivity index (χ4n) is 2.38. The van der Waals surface area contributed by atoms with Gasteiger partial charge in [-0.25, -0.2) is 12.7 Å². The summed E-state index contributed by atoms with van der Waals surface area (Å²) >= 11 is 3.46. The number of hydrogen-bond acceptors (Lipinski definition) is 4. The molecule has 0 spiro atoms. The fraction of sp³-hybridized carbons (Fsp3) is 0.571. The summed E-state index contributed by atoms with van der Waals surface area (Å²) in [5, 5.41) is 0.793. The molecule has 0 saturated carbocycles. The van der Waals surface area contributed by atoms with Gasteiger partial charge in [0.2, 0.25) is 10.0 Å². The molecule has 1 fully saturated rings. The SMILES string of the molecule is CC1CN(c2ccc(S(=O)(=O)N(C)C)cc2)CC(CBr)O1. The third-order valence-corrected chi connectivity index (χ3v) is 6.03. The van der Waals surface area contributed by atoms with Gasteiger partial charge in [0.25, 0.3) is 0 Å². The van der Waals surface area contributed by atoms with E-state index >= 15 is 0 Å². The van der Waals surface area contributed by atoms with Gasteiger partial charge in [0.05, 0.1) is 17.1 Å². The largest absolute Gasteiger partial charge is 0.371 e. The average Bonchev–Trinajstić information content (AvgIpc) is 2.46. The fourth-order valence-corrected chi connectivity index (χ4v) is 3.64. The van der Waals surface area contributed by atoms with E-state index in [1.54, 1.807) is 12.1 Å². The van der Waals surface area contributed by atoms with E-state index in [4.69, 9.17) is 4.74 Å². The van der Waals surface area contributed by atoms with Gasteiger partial charge in [-0.15, -0.1) is 0 Å². The van der Waals surface area contributed by atoms with E-state index in [2.05, 4.69) is 20.8 Å². The van der Waals surface area contributed by atoms with Crippen LogP contribution in [0.25, 0.3) is 0 Å². The van der Waals surface area contributed by atoms with Gasteiger partial charge < -0.3 is 9.64 Å². The summed E-state index contributed by atoms with van der Waals surface area (Å²) in [7, 11) is -0.298. The van der Waals surface area contributed by atoms with Crippen molar-refractivity contribution in [2.75, 3.05) is 37.4 Å². The number of sulfonamides is 1. The summed E-state index contributed by atoms with van der Waals surface area (Å²) in [6.07, 6.45) is 0.311. The Morgan fingerprint density at radius 2 is 1.90 bits per heavy atom. The third kappa shape index (κ3) is 3.77. The van der Waals surface area contributed by atoms with Gasteiger partial charge in [0, 0.05) is 38.2 Å². The third-order valence-electron chi connectivity index (χ3n) is 3.48. The molecule has 1 heterocycles. The van der Waals surface area contributed by atoms with Crippen molar-refractivity contribution in [3.63, 3.8) is 0 Å². The van der Waals surface area contributed by atoms with Crippen molar-refractivity contribution < 1.29 is 13.2 Å². The van der Waals surface area contributed by atoms with Crippen molar-refractivity contribution in [1.29, 1.82) is 0 Å². The van der Waals surface area contributed by atoms with Crippen molar-refractivity contribution in [2.45, 2.75) is 24.0 Å². The minimum Gasteiger partial charge on any atom is -0.371 e. The predicted octanol–water partition coefficient (Wildman–Crippen LogP) is 1.93. The van der Waals surface area contributed by atoms with Gasteiger partial charge in [-0.05, 0) is 31.2 Å². The van der Waals surface area contributed by atoms with E-state index in [0.29, 0.717) is 4.90 Å². The van der Waals surface area contributed by atoms with Gasteiger partial charge in [-0.3, -0.25) is 0 Å². The predicted molar refractivity (Wildman–Crippen MR) is 87.7 cm³/mol. The molecule has 0 bridgehead atoms. The van der Waals surface area contributed by atoms with E-state index in [-0.39, 0.29) is 12.2 Å². The van der Waals surface area contributed by atoms with E-state index in [0.717, 1.165) is 24.1 Å². The molecule has 0 radical (unpaired) electrons. The first-order valence-electron chi connectivity index (χ1n) is 6.83. The molecule has 2 rings (SSSR count). The number of nitrogens with zero attached hydrogens (tertiary/aromatic N) is 2. The van der Waals surface area contributed by atoms with Crippen LogP contribution in [-0.2, 0) is 14.8 Å². The Bertz CT molecular complexity index is 574. The summed E-state index contributed by atoms with van der Waals surface area (Å²) in [4.78, 5) is 2.54. The highest BCUT2D eigenvalue weighted by Gasteiger charge is 2.25. The molecule has 0 amide bonds. The second kappa shape index (κ2) is 6.64. The molecule has 1 aliphatic rings. The Balaban J connectivity index is 2.19. The number of morpholine rings is 1. The van der Waals surface area contributed by atoms with Crippen molar-refractivity contribution in [1.82, 2.24) is 4.31 Å². The van der Waals surface area contributed by atoms with Crippen molar-refractivity contribution in [3.8, 4) is 0 Å². The number of anilines is 1. The monoisotopic (exact) mass is 376 g/mol. The maximum atomic E-state index is 12.1. The summed E-state index contributed by atoms with van der Waals surface area (Å²) < 4.78 is 31.1. The lowest BCUT2D eigenvalue weighted by atomic mass is 10.2. The van der Waals surface area contributed by atoms with Crippen LogP contribution in [0.5, 0.6) is 0 Å². The molecule has 2 unspecified atom stereocenters. The molecule has 0 N–H and O–H groups in total. The molecule has 5 nitrogen and oxygen atoms in total. The first-order valence-corrected chi connectivity index (χ1v) is 9.39. The van der Waals surface area contributed by atoms with Crippen molar-refractivity contribution in [2.24, 2.45) is 0 Å². The van der Waals surface area contributed by atoms with Crippen LogP contribution in [0.15, 0.2) is 29.2 Å². The Hall–Kier alpha value is -0.630. The lowest BCUT2D eigenvalue weighted by molar-refractivity contribution is -0.00199. The van der Waals surface area contributed by atoms with Gasteiger partial charge in [0.15, 0.2) is 0 Å². The number of hydrogen-bond donors (Lipinski definition) is 0. The molecule has 118 valence electrons. The molecule has 1 aromatic carbocycles. The first kappa shape index (κ1) is 16.7. The molecule has 1 saturated heterocycles. The topological polar surface area (TPSA) is 49.9 Å². The van der Waals surface area contributed by atoms with E-state index in [9.17, 15) is 8.42 Å². The maximum Gasteiger partial charge on any atom is 0.242 e. The number of rotatable bonds is 4. The van der Waals surface area contributed by atoms with Crippen LogP contribution in [0.3, 0.4) is 0 Å². The second-order valence-electron chi connectivity index (χ2n) is 5.41. The molecular formula is C14H21BrN2O3S. The number of ether oxygens (including phenoxy) is 1. The quantitative estimate of drug-likeness (QED) is 0.753. The van der Waals surface area contributed by atoms with Gasteiger partial charge in [-0.1, -0.05) is 15.9 Å². The lowest BCUT2D eigenvalue weighted by Crippen LogP contribution is -2.47. The van der Waals surface area contributed by atoms with Crippen LogP contribution in [0, 0.1) is 0 Å². The van der Waals surface area contributed by atoms with Crippen LogP contribution in [0.1, 0.15) is 6.92 Å². The van der Waals surface area contributed by atoms with Gasteiger partial charge in [-0.2, -0.15) is 0 Å².